The van der Waals surface area contributed by atoms with Gasteiger partial charge in [-0.1, -0.05) is 18.2 Å². The molecule has 0 saturated carbocycles. The molecule has 0 spiro atoms. The lowest BCUT2D eigenvalue weighted by atomic mass is 10.1. The molecule has 170 valence electrons. The molecule has 0 atom stereocenters. The Bertz CT molecular complexity index is 1470. The van der Waals surface area contributed by atoms with Gasteiger partial charge < -0.3 is 20.1 Å². The maximum Gasteiger partial charge on any atom is 0.323 e. The highest BCUT2D eigenvalue weighted by molar-refractivity contribution is 7.13. The first-order valence-corrected chi connectivity index (χ1v) is 11.2. The number of nitrogens with zero attached hydrogens (tertiary/aromatic N) is 4. The Balaban J connectivity index is 1.36. The van der Waals surface area contributed by atoms with Crippen LogP contribution < -0.4 is 20.1 Å². The van der Waals surface area contributed by atoms with E-state index in [-0.39, 0.29) is 6.03 Å². The highest BCUT2D eigenvalue weighted by Gasteiger charge is 2.12. The minimum atomic E-state index is -0.383. The van der Waals surface area contributed by atoms with Crippen LogP contribution in [0.3, 0.4) is 0 Å². The topological polar surface area (TPSA) is 103 Å². The molecular formula is C24H20N6O3S. The van der Waals surface area contributed by atoms with Gasteiger partial charge in [0.05, 0.1) is 24.8 Å². The van der Waals surface area contributed by atoms with Crippen molar-refractivity contribution in [3.8, 4) is 33.5 Å². The number of hydrogen-bond acceptors (Lipinski definition) is 7. The summed E-state index contributed by atoms with van der Waals surface area (Å²) >= 11 is 1.58. The van der Waals surface area contributed by atoms with Crippen LogP contribution >= 0.6 is 11.3 Å². The number of nitrogens with one attached hydrogen (secondary N) is 2. The predicted octanol–water partition coefficient (Wildman–Crippen LogP) is 5.18. The van der Waals surface area contributed by atoms with Crippen LogP contribution in [0.5, 0.6) is 11.5 Å². The second-order valence-electron chi connectivity index (χ2n) is 7.22. The maximum absolute atomic E-state index is 12.6. The molecule has 0 radical (unpaired) electrons. The van der Waals surface area contributed by atoms with Gasteiger partial charge in [0.25, 0.3) is 0 Å². The third-order valence-corrected chi connectivity index (χ3v) is 5.93. The van der Waals surface area contributed by atoms with Crippen LogP contribution in [-0.2, 0) is 0 Å². The van der Waals surface area contributed by atoms with E-state index < -0.39 is 0 Å². The second kappa shape index (κ2) is 9.20. The van der Waals surface area contributed by atoms with Crippen LogP contribution in [0, 0.1) is 0 Å². The van der Waals surface area contributed by atoms with Crippen LogP contribution in [0.1, 0.15) is 0 Å². The third-order valence-electron chi connectivity index (χ3n) is 5.06. The number of methoxy groups -OCH3 is 2. The first-order valence-electron chi connectivity index (χ1n) is 10.3. The Kier molecular flexibility index (Phi) is 5.79. The standard InChI is InChI=1S/C24H20N6O3S/c1-32-19-10-8-17(14-20(19)33-2)26-24(31)25-16-6-3-5-15(13-16)18-9-11-22-27-28-23(30(22)29-18)21-7-4-12-34-21/h3-14H,1-2H3,(H2,25,26,31). The number of urea groups is 1. The van der Waals surface area contributed by atoms with Gasteiger partial charge in [-0.3, -0.25) is 0 Å². The molecule has 3 aromatic heterocycles. The summed E-state index contributed by atoms with van der Waals surface area (Å²) in [5, 5.41) is 20.8. The summed E-state index contributed by atoms with van der Waals surface area (Å²) in [5.74, 6) is 1.80. The summed E-state index contributed by atoms with van der Waals surface area (Å²) < 4.78 is 12.2. The quantitative estimate of drug-likeness (QED) is 0.353. The van der Waals surface area contributed by atoms with Crippen LogP contribution in [0.2, 0.25) is 0 Å². The van der Waals surface area contributed by atoms with E-state index in [2.05, 4.69) is 20.8 Å². The van der Waals surface area contributed by atoms with Crippen molar-refractivity contribution in [3.05, 3.63) is 72.1 Å². The number of thiophene rings is 1. The molecule has 0 aliphatic heterocycles. The molecule has 9 nitrogen and oxygen atoms in total. The zero-order chi connectivity index (χ0) is 23.5. The number of anilines is 2. The number of benzene rings is 2. The van der Waals surface area contributed by atoms with E-state index in [4.69, 9.17) is 14.6 Å². The molecular weight excluding hydrogens is 452 g/mol. The van der Waals surface area contributed by atoms with E-state index in [1.807, 2.05) is 53.9 Å². The number of hydrogen-bond donors (Lipinski definition) is 2. The van der Waals surface area contributed by atoms with Crippen molar-refractivity contribution in [2.75, 3.05) is 24.9 Å². The summed E-state index contributed by atoms with van der Waals surface area (Å²) in [6.07, 6.45) is 0. The molecule has 34 heavy (non-hydrogen) atoms. The summed E-state index contributed by atoms with van der Waals surface area (Å²) in [4.78, 5) is 13.6. The van der Waals surface area contributed by atoms with E-state index in [0.717, 1.165) is 16.1 Å². The lowest BCUT2D eigenvalue weighted by Crippen LogP contribution is -2.19. The highest BCUT2D eigenvalue weighted by atomic mass is 32.1. The van der Waals surface area contributed by atoms with Gasteiger partial charge in [-0.25, -0.2) is 4.79 Å². The molecule has 0 fully saturated rings. The minimum Gasteiger partial charge on any atom is -0.493 e. The Labute approximate surface area is 199 Å². The first-order chi connectivity index (χ1) is 16.6. The summed E-state index contributed by atoms with van der Waals surface area (Å²) in [6, 6.07) is 19.9. The molecule has 10 heteroatoms. The van der Waals surface area contributed by atoms with Gasteiger partial charge in [-0.2, -0.15) is 9.61 Å². The number of aromatic nitrogens is 4. The van der Waals surface area contributed by atoms with E-state index >= 15 is 0 Å². The zero-order valence-corrected chi connectivity index (χ0v) is 19.2. The van der Waals surface area contributed by atoms with Gasteiger partial charge in [0, 0.05) is 23.0 Å². The number of carbonyl (C=O) groups excluding carboxylic acids is 1. The van der Waals surface area contributed by atoms with Gasteiger partial charge >= 0.3 is 6.03 Å². The maximum atomic E-state index is 12.6. The van der Waals surface area contributed by atoms with E-state index in [9.17, 15) is 4.79 Å². The number of carbonyl (C=O) groups is 1. The molecule has 0 saturated heterocycles. The largest absolute Gasteiger partial charge is 0.493 e. The van der Waals surface area contributed by atoms with Gasteiger partial charge in [0.2, 0.25) is 0 Å². The number of amides is 2. The van der Waals surface area contributed by atoms with Gasteiger partial charge in [0.15, 0.2) is 23.0 Å². The van der Waals surface area contributed by atoms with E-state index in [0.29, 0.717) is 34.3 Å². The number of ether oxygens (including phenoxy) is 2. The van der Waals surface area contributed by atoms with Gasteiger partial charge in [0.1, 0.15) is 0 Å². The fraction of sp³-hybridized carbons (Fsp3) is 0.0833. The smallest absolute Gasteiger partial charge is 0.323 e. The lowest BCUT2D eigenvalue weighted by molar-refractivity contribution is 0.262. The monoisotopic (exact) mass is 472 g/mol. The van der Waals surface area contributed by atoms with Crippen molar-refractivity contribution in [2.45, 2.75) is 0 Å². The molecule has 3 heterocycles. The van der Waals surface area contributed by atoms with Crippen molar-refractivity contribution in [2.24, 2.45) is 0 Å². The SMILES string of the molecule is COc1ccc(NC(=O)Nc2cccc(-c3ccc4nnc(-c5cccs5)n4n3)c2)cc1OC. The Hall–Kier alpha value is -4.44. The molecule has 0 aliphatic carbocycles. The average molecular weight is 473 g/mol. The fourth-order valence-electron chi connectivity index (χ4n) is 3.47. The normalized spacial score (nSPS) is 10.8. The van der Waals surface area contributed by atoms with E-state index in [1.54, 1.807) is 48.3 Å². The Morgan fingerprint density at radius 3 is 2.47 bits per heavy atom. The van der Waals surface area contributed by atoms with Crippen molar-refractivity contribution in [1.29, 1.82) is 0 Å². The molecule has 0 unspecified atom stereocenters. The van der Waals surface area contributed by atoms with Crippen molar-refractivity contribution < 1.29 is 14.3 Å². The van der Waals surface area contributed by atoms with E-state index in [1.165, 1.54) is 0 Å². The third kappa shape index (κ3) is 4.26. The summed E-state index contributed by atoms with van der Waals surface area (Å²) in [6.45, 7) is 0. The number of rotatable bonds is 6. The number of fused-ring (bicyclic) bond motifs is 1. The summed E-state index contributed by atoms with van der Waals surface area (Å²) in [5.41, 5.74) is 3.44. The van der Waals surface area contributed by atoms with Gasteiger partial charge in [-0.05, 0) is 47.8 Å². The van der Waals surface area contributed by atoms with Crippen LogP contribution in [-0.4, -0.2) is 40.1 Å². The Morgan fingerprint density at radius 1 is 0.882 bits per heavy atom. The zero-order valence-electron chi connectivity index (χ0n) is 18.4. The highest BCUT2D eigenvalue weighted by Crippen LogP contribution is 2.30. The summed E-state index contributed by atoms with van der Waals surface area (Å²) in [7, 11) is 3.10. The van der Waals surface area contributed by atoms with Crippen molar-refractivity contribution >= 4 is 34.4 Å². The minimum absolute atomic E-state index is 0.383. The van der Waals surface area contributed by atoms with Gasteiger partial charge in [-0.15, -0.1) is 21.5 Å². The van der Waals surface area contributed by atoms with Crippen LogP contribution in [0.25, 0.3) is 27.6 Å². The van der Waals surface area contributed by atoms with Crippen molar-refractivity contribution in [3.63, 3.8) is 0 Å². The first kappa shape index (κ1) is 21.4. The van der Waals surface area contributed by atoms with Crippen LogP contribution in [0.15, 0.2) is 72.1 Å². The molecule has 5 aromatic rings. The predicted molar refractivity (Wildman–Crippen MR) is 132 cm³/mol. The molecule has 2 amide bonds. The molecule has 2 N–H and O–H groups in total. The molecule has 0 bridgehead atoms. The van der Waals surface area contributed by atoms with Crippen molar-refractivity contribution in [1.82, 2.24) is 19.8 Å². The fourth-order valence-corrected chi connectivity index (χ4v) is 4.16. The molecule has 0 aliphatic rings. The second-order valence-corrected chi connectivity index (χ2v) is 8.17. The van der Waals surface area contributed by atoms with Crippen LogP contribution in [0.4, 0.5) is 16.2 Å². The average Bonchev–Trinajstić information content (AvgIpc) is 3.53. The lowest BCUT2D eigenvalue weighted by Gasteiger charge is -2.12. The Morgan fingerprint density at radius 2 is 1.71 bits per heavy atom. The molecule has 2 aromatic carbocycles. The molecule has 5 rings (SSSR count).